The van der Waals surface area contributed by atoms with Gasteiger partial charge in [-0.05, 0) is 65.2 Å². The Bertz CT molecular complexity index is 264. The van der Waals surface area contributed by atoms with Gasteiger partial charge in [0.1, 0.15) is 0 Å². The molecule has 2 N–H and O–H groups in total. The van der Waals surface area contributed by atoms with E-state index in [1.807, 2.05) is 0 Å². The second-order valence-electron chi connectivity index (χ2n) is 6.06. The van der Waals surface area contributed by atoms with Crippen LogP contribution in [0, 0.1) is 5.92 Å². The van der Waals surface area contributed by atoms with Crippen LogP contribution in [0.1, 0.15) is 52.9 Å². The van der Waals surface area contributed by atoms with E-state index in [0.717, 1.165) is 38.9 Å². The van der Waals surface area contributed by atoms with Crippen LogP contribution in [0.5, 0.6) is 0 Å². The van der Waals surface area contributed by atoms with Crippen LogP contribution < -0.4 is 10.6 Å². The van der Waals surface area contributed by atoms with Crippen molar-refractivity contribution in [1.29, 1.82) is 0 Å². The summed E-state index contributed by atoms with van der Waals surface area (Å²) in [4.78, 5) is 14.6. The normalized spacial score (nSPS) is 23.0. The zero-order valence-electron chi connectivity index (χ0n) is 13.6. The van der Waals surface area contributed by atoms with Gasteiger partial charge in [0.2, 0.25) is 5.91 Å². The van der Waals surface area contributed by atoms with Gasteiger partial charge >= 0.3 is 0 Å². The summed E-state index contributed by atoms with van der Waals surface area (Å²) in [5, 5.41) is 6.51. The summed E-state index contributed by atoms with van der Waals surface area (Å²) in [6, 6.07) is 0.476. The summed E-state index contributed by atoms with van der Waals surface area (Å²) in [6.45, 7) is 11.9. The molecule has 0 aromatic heterocycles. The van der Waals surface area contributed by atoms with Crippen molar-refractivity contribution in [2.45, 2.75) is 58.9 Å². The summed E-state index contributed by atoms with van der Waals surface area (Å²) in [5.41, 5.74) is 0. The highest BCUT2D eigenvalue weighted by Gasteiger charge is 2.24. The second kappa shape index (κ2) is 10.2. The first-order valence-corrected chi connectivity index (χ1v) is 8.40. The Kier molecular flexibility index (Phi) is 8.86. The predicted molar refractivity (Wildman–Crippen MR) is 84.8 cm³/mol. The number of carbonyl (C=O) groups is 1. The number of nitrogens with zero attached hydrogens (tertiary/aromatic N) is 1. The van der Waals surface area contributed by atoms with E-state index in [4.69, 9.17) is 0 Å². The Labute approximate surface area is 124 Å². The quantitative estimate of drug-likeness (QED) is 0.636. The molecule has 4 heteroatoms. The van der Waals surface area contributed by atoms with Crippen LogP contribution in [-0.2, 0) is 4.79 Å². The first kappa shape index (κ1) is 17.4. The molecule has 0 aromatic rings. The Morgan fingerprint density at radius 3 is 2.55 bits per heavy atom. The predicted octanol–water partition coefficient (Wildman–Crippen LogP) is 2.00. The van der Waals surface area contributed by atoms with Gasteiger partial charge in [-0.15, -0.1) is 0 Å². The number of hydrogen-bond donors (Lipinski definition) is 2. The van der Waals surface area contributed by atoms with E-state index in [0.29, 0.717) is 6.04 Å². The third-order valence-corrected chi connectivity index (χ3v) is 4.02. The van der Waals surface area contributed by atoms with Gasteiger partial charge < -0.3 is 15.5 Å². The zero-order valence-corrected chi connectivity index (χ0v) is 13.6. The molecule has 0 aliphatic carbocycles. The molecule has 0 saturated carbocycles. The maximum absolute atomic E-state index is 12.1. The van der Waals surface area contributed by atoms with Crippen molar-refractivity contribution < 1.29 is 4.79 Å². The van der Waals surface area contributed by atoms with Crippen LogP contribution in [0.25, 0.3) is 0 Å². The number of nitrogens with one attached hydrogen (secondary N) is 2. The lowest BCUT2D eigenvalue weighted by molar-refractivity contribution is -0.126. The Morgan fingerprint density at radius 2 is 1.95 bits per heavy atom. The van der Waals surface area contributed by atoms with E-state index in [2.05, 4.69) is 36.3 Å². The number of amides is 1. The fourth-order valence-electron chi connectivity index (χ4n) is 3.00. The maximum Gasteiger partial charge on any atom is 0.223 e. The number of carbonyl (C=O) groups excluding carboxylic acids is 1. The molecule has 0 radical (unpaired) electrons. The lowest BCUT2D eigenvalue weighted by Gasteiger charge is -2.27. The molecule has 0 unspecified atom stereocenters. The van der Waals surface area contributed by atoms with Crippen LogP contribution >= 0.6 is 0 Å². The Morgan fingerprint density at radius 1 is 1.25 bits per heavy atom. The van der Waals surface area contributed by atoms with E-state index in [-0.39, 0.29) is 11.8 Å². The van der Waals surface area contributed by atoms with Crippen LogP contribution in [0.4, 0.5) is 0 Å². The average molecular weight is 283 g/mol. The molecule has 1 heterocycles. The van der Waals surface area contributed by atoms with Gasteiger partial charge in [0.25, 0.3) is 0 Å². The highest BCUT2D eigenvalue weighted by molar-refractivity contribution is 5.78. The molecule has 0 spiro atoms. The molecule has 20 heavy (non-hydrogen) atoms. The van der Waals surface area contributed by atoms with Crippen LogP contribution in [0.2, 0.25) is 0 Å². The summed E-state index contributed by atoms with van der Waals surface area (Å²) >= 11 is 0. The van der Waals surface area contributed by atoms with Crippen molar-refractivity contribution in [3.8, 4) is 0 Å². The first-order chi connectivity index (χ1) is 9.67. The minimum Gasteiger partial charge on any atom is -0.356 e. The summed E-state index contributed by atoms with van der Waals surface area (Å²) in [6.07, 6.45) is 5.43. The molecule has 1 aliphatic heterocycles. The average Bonchev–Trinajstić information content (AvgIpc) is 2.43. The standard InChI is InChI=1S/C16H33N3O/c1-4-10-19(11-5-2)12-6-8-18-16(20)15-7-9-17-14(3)13-15/h14-15,17H,4-13H2,1-3H3,(H,18,20)/t14-,15-/m0/s1. The minimum absolute atomic E-state index is 0.216. The first-order valence-electron chi connectivity index (χ1n) is 8.40. The fourth-order valence-corrected chi connectivity index (χ4v) is 3.00. The second-order valence-corrected chi connectivity index (χ2v) is 6.06. The van der Waals surface area contributed by atoms with E-state index in [9.17, 15) is 4.79 Å². The largest absolute Gasteiger partial charge is 0.356 e. The van der Waals surface area contributed by atoms with Crippen LogP contribution in [0.3, 0.4) is 0 Å². The van der Waals surface area contributed by atoms with E-state index >= 15 is 0 Å². The summed E-state index contributed by atoms with van der Waals surface area (Å²) in [7, 11) is 0. The van der Waals surface area contributed by atoms with Crippen molar-refractivity contribution in [3.63, 3.8) is 0 Å². The monoisotopic (exact) mass is 283 g/mol. The van der Waals surface area contributed by atoms with Gasteiger partial charge in [0, 0.05) is 18.5 Å². The number of piperidine rings is 1. The molecule has 1 amide bonds. The molecule has 0 bridgehead atoms. The van der Waals surface area contributed by atoms with Crippen molar-refractivity contribution in [2.75, 3.05) is 32.7 Å². The molecule has 1 rings (SSSR count). The van der Waals surface area contributed by atoms with Gasteiger partial charge in [-0.3, -0.25) is 4.79 Å². The molecular weight excluding hydrogens is 250 g/mol. The SMILES string of the molecule is CCCN(CCC)CCCNC(=O)[C@H]1CCN[C@@H](C)C1. The third-order valence-electron chi connectivity index (χ3n) is 4.02. The minimum atomic E-state index is 0.216. The zero-order chi connectivity index (χ0) is 14.8. The number of hydrogen-bond acceptors (Lipinski definition) is 3. The van der Waals surface area contributed by atoms with Crippen molar-refractivity contribution in [3.05, 3.63) is 0 Å². The maximum atomic E-state index is 12.1. The summed E-state index contributed by atoms with van der Waals surface area (Å²) < 4.78 is 0. The third kappa shape index (κ3) is 6.71. The van der Waals surface area contributed by atoms with Gasteiger partial charge in [0.05, 0.1) is 0 Å². The van der Waals surface area contributed by atoms with E-state index < -0.39 is 0 Å². The van der Waals surface area contributed by atoms with Crippen LogP contribution in [-0.4, -0.2) is 49.6 Å². The fraction of sp³-hybridized carbons (Fsp3) is 0.938. The lowest BCUT2D eigenvalue weighted by Crippen LogP contribution is -2.42. The van der Waals surface area contributed by atoms with E-state index in [1.54, 1.807) is 0 Å². The number of rotatable bonds is 9. The lowest BCUT2D eigenvalue weighted by atomic mass is 9.92. The van der Waals surface area contributed by atoms with Gasteiger partial charge in [0.15, 0.2) is 0 Å². The van der Waals surface area contributed by atoms with E-state index in [1.165, 1.54) is 25.9 Å². The molecule has 4 nitrogen and oxygen atoms in total. The van der Waals surface area contributed by atoms with Gasteiger partial charge in [-0.25, -0.2) is 0 Å². The van der Waals surface area contributed by atoms with Crippen molar-refractivity contribution in [1.82, 2.24) is 15.5 Å². The molecule has 1 aliphatic rings. The molecular formula is C16H33N3O. The van der Waals surface area contributed by atoms with Gasteiger partial charge in [-0.2, -0.15) is 0 Å². The molecule has 118 valence electrons. The highest BCUT2D eigenvalue weighted by Crippen LogP contribution is 2.15. The smallest absolute Gasteiger partial charge is 0.223 e. The van der Waals surface area contributed by atoms with Gasteiger partial charge in [-0.1, -0.05) is 13.8 Å². The Hall–Kier alpha value is -0.610. The topological polar surface area (TPSA) is 44.4 Å². The molecule has 0 aromatic carbocycles. The van der Waals surface area contributed by atoms with Crippen molar-refractivity contribution in [2.24, 2.45) is 5.92 Å². The van der Waals surface area contributed by atoms with Crippen LogP contribution in [0.15, 0.2) is 0 Å². The highest BCUT2D eigenvalue weighted by atomic mass is 16.1. The molecule has 1 fully saturated rings. The molecule has 2 atom stereocenters. The Balaban J connectivity index is 2.14. The molecule has 1 saturated heterocycles. The van der Waals surface area contributed by atoms with Crippen molar-refractivity contribution >= 4 is 5.91 Å². The summed E-state index contributed by atoms with van der Waals surface area (Å²) in [5.74, 6) is 0.476.